The molecule has 0 aliphatic heterocycles. The summed E-state index contributed by atoms with van der Waals surface area (Å²) in [6.07, 6.45) is 0.445. The standard InChI is InChI=1S/C19H24N2O/c1-13-5-7-17(8-6-13)21-18(22)9-10-20-19-15(3)11-14(2)12-16(19)4/h5-8,11-12,20H,9-10H2,1-4H3,(H,21,22). The van der Waals surface area contributed by atoms with Crippen LogP contribution in [0.25, 0.3) is 0 Å². The SMILES string of the molecule is Cc1ccc(NC(=O)CCNc2c(C)cc(C)cc2C)cc1. The third-order valence-corrected chi connectivity index (χ3v) is 3.67. The highest BCUT2D eigenvalue weighted by Gasteiger charge is 2.05. The lowest BCUT2D eigenvalue weighted by atomic mass is 10.1. The third kappa shape index (κ3) is 4.35. The summed E-state index contributed by atoms with van der Waals surface area (Å²) in [5, 5.41) is 6.29. The molecule has 0 aromatic heterocycles. The Morgan fingerprint density at radius 2 is 1.50 bits per heavy atom. The molecule has 0 saturated carbocycles. The maximum Gasteiger partial charge on any atom is 0.226 e. The normalized spacial score (nSPS) is 10.4. The maximum absolute atomic E-state index is 12.0. The van der Waals surface area contributed by atoms with Gasteiger partial charge in [-0.05, 0) is 51.0 Å². The first-order valence-electron chi connectivity index (χ1n) is 7.64. The van der Waals surface area contributed by atoms with Crippen molar-refractivity contribution in [2.24, 2.45) is 0 Å². The molecular formula is C19H24N2O. The Morgan fingerprint density at radius 3 is 2.09 bits per heavy atom. The first kappa shape index (κ1) is 16.1. The summed E-state index contributed by atoms with van der Waals surface area (Å²) in [6, 6.07) is 12.1. The highest BCUT2D eigenvalue weighted by Crippen LogP contribution is 2.21. The molecule has 2 aromatic carbocycles. The number of carbonyl (C=O) groups is 1. The van der Waals surface area contributed by atoms with Gasteiger partial charge in [0.2, 0.25) is 5.91 Å². The molecule has 0 fully saturated rings. The molecule has 3 heteroatoms. The van der Waals surface area contributed by atoms with E-state index in [9.17, 15) is 4.79 Å². The molecule has 1 amide bonds. The number of amides is 1. The van der Waals surface area contributed by atoms with Gasteiger partial charge < -0.3 is 10.6 Å². The number of carbonyl (C=O) groups excluding carboxylic acids is 1. The first-order chi connectivity index (χ1) is 10.5. The van der Waals surface area contributed by atoms with Gasteiger partial charge in [0.25, 0.3) is 0 Å². The predicted octanol–water partition coefficient (Wildman–Crippen LogP) is 4.36. The molecule has 2 N–H and O–H groups in total. The molecule has 0 saturated heterocycles. The summed E-state index contributed by atoms with van der Waals surface area (Å²) in [5.74, 6) is 0.0266. The van der Waals surface area contributed by atoms with Crippen LogP contribution in [0.2, 0.25) is 0 Å². The van der Waals surface area contributed by atoms with Crippen LogP contribution in [0.4, 0.5) is 11.4 Å². The maximum atomic E-state index is 12.0. The van der Waals surface area contributed by atoms with Crippen LogP contribution in [0, 0.1) is 27.7 Å². The van der Waals surface area contributed by atoms with E-state index in [1.807, 2.05) is 31.2 Å². The van der Waals surface area contributed by atoms with E-state index < -0.39 is 0 Å². The summed E-state index contributed by atoms with van der Waals surface area (Å²) in [4.78, 5) is 12.0. The van der Waals surface area contributed by atoms with Gasteiger partial charge in [-0.3, -0.25) is 4.79 Å². The van der Waals surface area contributed by atoms with Crippen LogP contribution in [0.15, 0.2) is 36.4 Å². The van der Waals surface area contributed by atoms with Crippen molar-refractivity contribution in [3.05, 3.63) is 58.7 Å². The van der Waals surface area contributed by atoms with Gasteiger partial charge in [-0.2, -0.15) is 0 Å². The second kappa shape index (κ2) is 7.12. The average Bonchev–Trinajstić information content (AvgIpc) is 2.44. The van der Waals surface area contributed by atoms with Crippen molar-refractivity contribution in [1.29, 1.82) is 0 Å². The molecule has 0 radical (unpaired) electrons. The van der Waals surface area contributed by atoms with Crippen molar-refractivity contribution in [3.63, 3.8) is 0 Å². The van der Waals surface area contributed by atoms with E-state index in [1.54, 1.807) is 0 Å². The van der Waals surface area contributed by atoms with Gasteiger partial charge in [-0.15, -0.1) is 0 Å². The van der Waals surface area contributed by atoms with Crippen molar-refractivity contribution in [2.75, 3.05) is 17.2 Å². The molecule has 3 nitrogen and oxygen atoms in total. The Balaban J connectivity index is 1.86. The Labute approximate surface area is 132 Å². The molecule has 0 bridgehead atoms. The van der Waals surface area contributed by atoms with E-state index in [0.29, 0.717) is 13.0 Å². The number of aryl methyl sites for hydroxylation is 4. The third-order valence-electron chi connectivity index (χ3n) is 3.67. The average molecular weight is 296 g/mol. The van der Waals surface area contributed by atoms with Crippen molar-refractivity contribution in [2.45, 2.75) is 34.1 Å². The van der Waals surface area contributed by atoms with E-state index in [1.165, 1.54) is 22.3 Å². The molecular weight excluding hydrogens is 272 g/mol. The topological polar surface area (TPSA) is 41.1 Å². The summed E-state index contributed by atoms with van der Waals surface area (Å²) in [5.41, 5.74) is 6.86. The number of nitrogens with one attached hydrogen (secondary N) is 2. The van der Waals surface area contributed by atoms with Crippen LogP contribution in [0.5, 0.6) is 0 Å². The Hall–Kier alpha value is -2.29. The Kier molecular flexibility index (Phi) is 5.21. The van der Waals surface area contributed by atoms with E-state index in [0.717, 1.165) is 11.4 Å². The summed E-state index contributed by atoms with van der Waals surface area (Å²) >= 11 is 0. The van der Waals surface area contributed by atoms with Crippen molar-refractivity contribution in [3.8, 4) is 0 Å². The van der Waals surface area contributed by atoms with Gasteiger partial charge in [0.1, 0.15) is 0 Å². The van der Waals surface area contributed by atoms with Crippen LogP contribution in [0.1, 0.15) is 28.7 Å². The molecule has 0 atom stereocenters. The highest BCUT2D eigenvalue weighted by molar-refractivity contribution is 5.91. The van der Waals surface area contributed by atoms with Crippen molar-refractivity contribution in [1.82, 2.24) is 0 Å². The van der Waals surface area contributed by atoms with Crippen LogP contribution < -0.4 is 10.6 Å². The fraction of sp³-hybridized carbons (Fsp3) is 0.316. The lowest BCUT2D eigenvalue weighted by molar-refractivity contribution is -0.115. The second-order valence-corrected chi connectivity index (χ2v) is 5.86. The smallest absolute Gasteiger partial charge is 0.226 e. The van der Waals surface area contributed by atoms with E-state index in [2.05, 4.69) is 43.5 Å². The Morgan fingerprint density at radius 1 is 0.909 bits per heavy atom. The molecule has 0 unspecified atom stereocenters. The monoisotopic (exact) mass is 296 g/mol. The molecule has 22 heavy (non-hydrogen) atoms. The second-order valence-electron chi connectivity index (χ2n) is 5.86. The fourth-order valence-corrected chi connectivity index (χ4v) is 2.62. The quantitative estimate of drug-likeness (QED) is 0.860. The zero-order chi connectivity index (χ0) is 16.1. The molecule has 0 heterocycles. The zero-order valence-electron chi connectivity index (χ0n) is 13.8. The number of rotatable bonds is 5. The molecule has 0 aliphatic rings. The van der Waals surface area contributed by atoms with Crippen molar-refractivity contribution < 1.29 is 4.79 Å². The summed E-state index contributed by atoms with van der Waals surface area (Å²) in [7, 11) is 0. The van der Waals surface area contributed by atoms with Gasteiger partial charge in [-0.25, -0.2) is 0 Å². The largest absolute Gasteiger partial charge is 0.384 e. The molecule has 116 valence electrons. The molecule has 0 aliphatic carbocycles. The number of hydrogen-bond donors (Lipinski definition) is 2. The molecule has 0 spiro atoms. The number of anilines is 2. The molecule has 2 rings (SSSR count). The fourth-order valence-electron chi connectivity index (χ4n) is 2.62. The van der Waals surface area contributed by atoms with Crippen LogP contribution in [0.3, 0.4) is 0 Å². The minimum Gasteiger partial charge on any atom is -0.384 e. The van der Waals surface area contributed by atoms with Crippen LogP contribution in [-0.4, -0.2) is 12.5 Å². The summed E-state index contributed by atoms with van der Waals surface area (Å²) in [6.45, 7) is 8.94. The Bertz CT molecular complexity index is 637. The predicted molar refractivity (Wildman–Crippen MR) is 93.6 cm³/mol. The first-order valence-corrected chi connectivity index (χ1v) is 7.64. The van der Waals surface area contributed by atoms with Gasteiger partial charge in [0.15, 0.2) is 0 Å². The van der Waals surface area contributed by atoms with Crippen molar-refractivity contribution >= 4 is 17.3 Å². The van der Waals surface area contributed by atoms with E-state index >= 15 is 0 Å². The minimum absolute atomic E-state index is 0.0266. The van der Waals surface area contributed by atoms with Gasteiger partial charge in [0.05, 0.1) is 0 Å². The van der Waals surface area contributed by atoms with Gasteiger partial charge in [-0.1, -0.05) is 35.4 Å². The molecule has 2 aromatic rings. The van der Waals surface area contributed by atoms with Crippen LogP contribution >= 0.6 is 0 Å². The van der Waals surface area contributed by atoms with Gasteiger partial charge >= 0.3 is 0 Å². The lowest BCUT2D eigenvalue weighted by Crippen LogP contribution is -2.16. The lowest BCUT2D eigenvalue weighted by Gasteiger charge is -2.14. The number of hydrogen-bond acceptors (Lipinski definition) is 2. The summed E-state index contributed by atoms with van der Waals surface area (Å²) < 4.78 is 0. The zero-order valence-corrected chi connectivity index (χ0v) is 13.8. The van der Waals surface area contributed by atoms with Gasteiger partial charge in [0, 0.05) is 24.3 Å². The van der Waals surface area contributed by atoms with E-state index in [-0.39, 0.29) is 5.91 Å². The van der Waals surface area contributed by atoms with E-state index in [4.69, 9.17) is 0 Å². The minimum atomic E-state index is 0.0266. The number of benzene rings is 2. The van der Waals surface area contributed by atoms with Crippen LogP contribution in [-0.2, 0) is 4.79 Å². The highest BCUT2D eigenvalue weighted by atomic mass is 16.1.